The van der Waals surface area contributed by atoms with Crippen LogP contribution in [-0.4, -0.2) is 40.2 Å². The summed E-state index contributed by atoms with van der Waals surface area (Å²) in [7, 11) is 1.61. The number of carbonyl (C=O) groups excluding carboxylic acids is 1. The number of rotatable bonds is 7. The largest absolute Gasteiger partial charge is 0.496 e. The van der Waals surface area contributed by atoms with Crippen LogP contribution in [0.2, 0.25) is 0 Å². The van der Waals surface area contributed by atoms with E-state index in [9.17, 15) is 4.79 Å². The summed E-state index contributed by atoms with van der Waals surface area (Å²) in [5.41, 5.74) is 2.00. The molecule has 1 aromatic carbocycles. The van der Waals surface area contributed by atoms with E-state index < -0.39 is 6.04 Å². The van der Waals surface area contributed by atoms with Gasteiger partial charge in [0.2, 0.25) is 11.1 Å². The van der Waals surface area contributed by atoms with Crippen LogP contribution in [0.3, 0.4) is 0 Å². The standard InChI is InChI=1S/C19H23BrN4O3S/c1-5-9-27-17(25)15-11(3)21-18-22-19(28-6-2)23-24(18)16(15)13-10-12(20)7-8-14(13)26-4/h7-8,10,16H,5-6,9H2,1-4H3,(H,21,22,23). The number of hydrogen-bond acceptors (Lipinski definition) is 7. The summed E-state index contributed by atoms with van der Waals surface area (Å²) in [5.74, 6) is 1.73. The molecule has 1 aliphatic heterocycles. The van der Waals surface area contributed by atoms with Gasteiger partial charge in [-0.2, -0.15) is 4.98 Å². The van der Waals surface area contributed by atoms with Crippen molar-refractivity contribution in [3.8, 4) is 5.75 Å². The molecule has 1 unspecified atom stereocenters. The number of nitrogens with zero attached hydrogens (tertiary/aromatic N) is 3. The van der Waals surface area contributed by atoms with E-state index in [1.807, 2.05) is 39.0 Å². The molecule has 9 heteroatoms. The first-order valence-corrected chi connectivity index (χ1v) is 10.9. The fourth-order valence-corrected chi connectivity index (χ4v) is 4.00. The minimum atomic E-state index is -0.508. The van der Waals surface area contributed by atoms with Crippen LogP contribution in [0, 0.1) is 0 Å². The minimum absolute atomic E-state index is 0.360. The maximum Gasteiger partial charge on any atom is 0.338 e. The van der Waals surface area contributed by atoms with Crippen molar-refractivity contribution >= 4 is 39.6 Å². The highest BCUT2D eigenvalue weighted by atomic mass is 79.9. The van der Waals surface area contributed by atoms with Crippen molar-refractivity contribution in [3.05, 3.63) is 39.5 Å². The maximum absolute atomic E-state index is 12.9. The molecule has 0 amide bonds. The predicted octanol–water partition coefficient (Wildman–Crippen LogP) is 4.40. The highest BCUT2D eigenvalue weighted by Gasteiger charge is 2.36. The highest BCUT2D eigenvalue weighted by Crippen LogP contribution is 2.41. The van der Waals surface area contributed by atoms with Gasteiger partial charge in [0.1, 0.15) is 11.8 Å². The Morgan fingerprint density at radius 3 is 2.86 bits per heavy atom. The van der Waals surface area contributed by atoms with Gasteiger partial charge >= 0.3 is 5.97 Å². The van der Waals surface area contributed by atoms with Crippen LogP contribution >= 0.6 is 27.7 Å². The molecule has 2 heterocycles. The van der Waals surface area contributed by atoms with Crippen LogP contribution in [-0.2, 0) is 9.53 Å². The Hall–Kier alpha value is -2.00. The van der Waals surface area contributed by atoms with Crippen LogP contribution in [0.1, 0.15) is 38.8 Å². The van der Waals surface area contributed by atoms with E-state index in [0.29, 0.717) is 34.7 Å². The van der Waals surface area contributed by atoms with Gasteiger partial charge in [-0.25, -0.2) is 9.48 Å². The van der Waals surface area contributed by atoms with E-state index in [2.05, 4.69) is 31.3 Å². The zero-order valence-electron chi connectivity index (χ0n) is 16.3. The number of allylic oxidation sites excluding steroid dienone is 1. The van der Waals surface area contributed by atoms with Gasteiger partial charge in [-0.3, -0.25) is 0 Å². The summed E-state index contributed by atoms with van der Waals surface area (Å²) in [6, 6.07) is 5.19. The number of aromatic nitrogens is 3. The first-order valence-electron chi connectivity index (χ1n) is 9.07. The maximum atomic E-state index is 12.9. The van der Waals surface area contributed by atoms with E-state index in [4.69, 9.17) is 9.47 Å². The Bertz CT molecular complexity index is 913. The monoisotopic (exact) mass is 466 g/mol. The van der Waals surface area contributed by atoms with Crippen molar-refractivity contribution in [1.29, 1.82) is 0 Å². The zero-order chi connectivity index (χ0) is 20.3. The number of esters is 1. The Morgan fingerprint density at radius 1 is 1.39 bits per heavy atom. The Morgan fingerprint density at radius 2 is 2.18 bits per heavy atom. The van der Waals surface area contributed by atoms with Gasteiger partial charge < -0.3 is 14.8 Å². The number of hydrogen-bond donors (Lipinski definition) is 1. The number of anilines is 1. The van der Waals surface area contributed by atoms with Gasteiger partial charge in [0.05, 0.1) is 19.3 Å². The predicted molar refractivity (Wildman–Crippen MR) is 113 cm³/mol. The molecule has 0 saturated carbocycles. The van der Waals surface area contributed by atoms with Crippen LogP contribution in [0.15, 0.2) is 39.1 Å². The molecule has 1 N–H and O–H groups in total. The van der Waals surface area contributed by atoms with Crippen molar-refractivity contribution in [2.45, 2.75) is 38.4 Å². The van der Waals surface area contributed by atoms with Gasteiger partial charge in [-0.05, 0) is 37.3 Å². The summed E-state index contributed by atoms with van der Waals surface area (Å²) in [6.45, 7) is 6.22. The highest BCUT2D eigenvalue weighted by molar-refractivity contribution is 9.10. The van der Waals surface area contributed by atoms with Gasteiger partial charge in [0.15, 0.2) is 0 Å². The molecule has 0 aliphatic carbocycles. The number of halogens is 1. The molecule has 3 rings (SSSR count). The molecule has 1 aromatic heterocycles. The lowest BCUT2D eigenvalue weighted by Gasteiger charge is -2.29. The number of thioether (sulfide) groups is 1. The van der Waals surface area contributed by atoms with Crippen LogP contribution in [0.4, 0.5) is 5.95 Å². The van der Waals surface area contributed by atoms with Gasteiger partial charge in [-0.1, -0.05) is 41.5 Å². The summed E-state index contributed by atoms with van der Waals surface area (Å²) in [5, 5.41) is 8.50. The molecule has 0 fully saturated rings. The van der Waals surface area contributed by atoms with Crippen LogP contribution in [0.5, 0.6) is 5.75 Å². The molecule has 1 aliphatic rings. The first kappa shape index (κ1) is 20.7. The van der Waals surface area contributed by atoms with E-state index in [1.54, 1.807) is 23.6 Å². The molecule has 28 heavy (non-hydrogen) atoms. The average molecular weight is 467 g/mol. The van der Waals surface area contributed by atoms with Gasteiger partial charge in [0, 0.05) is 15.7 Å². The topological polar surface area (TPSA) is 78.3 Å². The Balaban J connectivity index is 2.18. The molecule has 2 aromatic rings. The number of benzene rings is 1. The lowest BCUT2D eigenvalue weighted by atomic mass is 9.95. The third kappa shape index (κ3) is 4.05. The number of ether oxygens (including phenoxy) is 2. The summed E-state index contributed by atoms with van der Waals surface area (Å²) < 4.78 is 13.7. The van der Waals surface area contributed by atoms with Crippen molar-refractivity contribution in [2.24, 2.45) is 0 Å². The molecular formula is C19H23BrN4O3S. The number of fused-ring (bicyclic) bond motifs is 1. The molecule has 150 valence electrons. The van der Waals surface area contributed by atoms with E-state index >= 15 is 0 Å². The van der Waals surface area contributed by atoms with Crippen LogP contribution < -0.4 is 10.1 Å². The van der Waals surface area contributed by atoms with Crippen molar-refractivity contribution in [3.63, 3.8) is 0 Å². The first-order chi connectivity index (χ1) is 13.5. The smallest absolute Gasteiger partial charge is 0.338 e. The summed E-state index contributed by atoms with van der Waals surface area (Å²) >= 11 is 5.07. The van der Waals surface area contributed by atoms with E-state index in [1.165, 1.54) is 0 Å². The summed E-state index contributed by atoms with van der Waals surface area (Å²) in [4.78, 5) is 17.5. The summed E-state index contributed by atoms with van der Waals surface area (Å²) in [6.07, 6.45) is 0.752. The average Bonchev–Trinajstić information content (AvgIpc) is 3.07. The van der Waals surface area contributed by atoms with Crippen molar-refractivity contribution < 1.29 is 14.3 Å². The Kier molecular flexibility index (Phi) is 6.66. The third-order valence-electron chi connectivity index (χ3n) is 4.25. The lowest BCUT2D eigenvalue weighted by molar-refractivity contribution is -0.139. The second-order valence-corrected chi connectivity index (χ2v) is 8.33. The molecule has 0 saturated heterocycles. The van der Waals surface area contributed by atoms with Gasteiger partial charge in [0.25, 0.3) is 0 Å². The molecule has 0 bridgehead atoms. The third-order valence-corrected chi connectivity index (χ3v) is 5.46. The second-order valence-electron chi connectivity index (χ2n) is 6.18. The van der Waals surface area contributed by atoms with E-state index in [0.717, 1.165) is 22.2 Å². The SMILES string of the molecule is CCCOC(=O)C1=C(C)Nc2nc(SCC)nn2C1c1cc(Br)ccc1OC. The number of carbonyl (C=O) groups is 1. The quantitative estimate of drug-likeness (QED) is 0.478. The second kappa shape index (κ2) is 9.00. The van der Waals surface area contributed by atoms with Crippen molar-refractivity contribution in [2.75, 3.05) is 24.8 Å². The Labute approximate surface area is 177 Å². The fraction of sp³-hybridized carbons (Fsp3) is 0.421. The fourth-order valence-electron chi connectivity index (χ4n) is 3.06. The van der Waals surface area contributed by atoms with Gasteiger partial charge in [-0.15, -0.1) is 5.10 Å². The lowest BCUT2D eigenvalue weighted by Crippen LogP contribution is -2.30. The van der Waals surface area contributed by atoms with Crippen molar-refractivity contribution in [1.82, 2.24) is 14.8 Å². The number of nitrogens with one attached hydrogen (secondary N) is 1. The molecule has 0 spiro atoms. The molecule has 0 radical (unpaired) electrons. The molecule has 7 nitrogen and oxygen atoms in total. The molecule has 1 atom stereocenters. The number of methoxy groups -OCH3 is 1. The van der Waals surface area contributed by atoms with Crippen LogP contribution in [0.25, 0.3) is 0 Å². The minimum Gasteiger partial charge on any atom is -0.496 e. The zero-order valence-corrected chi connectivity index (χ0v) is 18.7. The normalized spacial score (nSPS) is 15.8. The molecular weight excluding hydrogens is 444 g/mol. The van der Waals surface area contributed by atoms with E-state index in [-0.39, 0.29) is 5.97 Å².